The van der Waals surface area contributed by atoms with Gasteiger partial charge in [-0.3, -0.25) is 0 Å². The number of anilines is 1. The van der Waals surface area contributed by atoms with Crippen LogP contribution in [0.3, 0.4) is 0 Å². The fourth-order valence-electron chi connectivity index (χ4n) is 2.35. The number of nitrogens with two attached hydrogens (primary N) is 1. The summed E-state index contributed by atoms with van der Waals surface area (Å²) < 4.78 is 31.8. The molecule has 20 heavy (non-hydrogen) atoms. The Balaban J connectivity index is 2.36. The molecule has 1 heterocycles. The van der Waals surface area contributed by atoms with E-state index < -0.39 is 16.1 Å². The van der Waals surface area contributed by atoms with Crippen LogP contribution in [0.1, 0.15) is 13.3 Å². The van der Waals surface area contributed by atoms with Gasteiger partial charge in [0.2, 0.25) is 10.0 Å². The van der Waals surface area contributed by atoms with Crippen LogP contribution in [0.4, 0.5) is 5.69 Å². The van der Waals surface area contributed by atoms with Gasteiger partial charge >= 0.3 is 0 Å². The van der Waals surface area contributed by atoms with Gasteiger partial charge < -0.3 is 15.6 Å². The van der Waals surface area contributed by atoms with Crippen LogP contribution in [-0.2, 0) is 10.0 Å². The number of benzene rings is 1. The second-order valence-electron chi connectivity index (χ2n) is 5.11. The average molecular weight is 300 g/mol. The molecule has 0 radical (unpaired) electrons. The topological polar surface area (TPSA) is 92.9 Å². The van der Waals surface area contributed by atoms with Crippen LogP contribution >= 0.6 is 0 Å². The van der Waals surface area contributed by atoms with E-state index in [0.29, 0.717) is 25.2 Å². The first-order chi connectivity index (χ1) is 9.36. The maximum atomic E-state index is 12.7. The number of rotatable bonds is 3. The molecule has 0 saturated carbocycles. The number of aliphatic hydroxyl groups excluding tert-OH is 1. The molecule has 1 aliphatic rings. The number of nitrogen functional groups attached to an aromatic ring is 1. The lowest BCUT2D eigenvalue weighted by molar-refractivity contribution is 0.0628. The second kappa shape index (κ2) is 5.59. The summed E-state index contributed by atoms with van der Waals surface area (Å²) in [6, 6.07) is 4.49. The molecule has 6 nitrogen and oxygen atoms in total. The van der Waals surface area contributed by atoms with Gasteiger partial charge in [0.05, 0.1) is 13.2 Å². The molecule has 0 bridgehead atoms. The molecule has 0 aromatic heterocycles. The standard InChI is InChI=1S/C13H20N2O4S/c1-9-8-15(6-5-11(9)16)20(17,18)13-4-3-10(14)7-12(13)19-2/h3-4,7,9,11,16H,5-6,8,14H2,1-2H3. The molecule has 3 N–H and O–H groups in total. The normalized spacial score (nSPS) is 24.6. The van der Waals surface area contributed by atoms with E-state index in [-0.39, 0.29) is 16.6 Å². The Labute approximate surface area is 119 Å². The van der Waals surface area contributed by atoms with Gasteiger partial charge in [0.1, 0.15) is 10.6 Å². The summed E-state index contributed by atoms with van der Waals surface area (Å²) in [7, 11) is -2.22. The first-order valence-electron chi connectivity index (χ1n) is 6.48. The molecule has 112 valence electrons. The fraction of sp³-hybridized carbons (Fsp3) is 0.538. The first-order valence-corrected chi connectivity index (χ1v) is 7.92. The van der Waals surface area contributed by atoms with Crippen LogP contribution in [0.15, 0.2) is 23.1 Å². The van der Waals surface area contributed by atoms with Crippen LogP contribution < -0.4 is 10.5 Å². The monoisotopic (exact) mass is 300 g/mol. The van der Waals surface area contributed by atoms with Gasteiger partial charge in [-0.15, -0.1) is 0 Å². The maximum Gasteiger partial charge on any atom is 0.246 e. The number of hydrogen-bond acceptors (Lipinski definition) is 5. The molecule has 1 aromatic carbocycles. The Bertz CT molecular complexity index is 588. The highest BCUT2D eigenvalue weighted by Crippen LogP contribution is 2.31. The molecule has 2 atom stereocenters. The highest BCUT2D eigenvalue weighted by molar-refractivity contribution is 7.89. The summed E-state index contributed by atoms with van der Waals surface area (Å²) in [5.41, 5.74) is 6.09. The quantitative estimate of drug-likeness (QED) is 0.800. The number of hydrogen-bond donors (Lipinski definition) is 2. The molecule has 7 heteroatoms. The number of sulfonamides is 1. The van der Waals surface area contributed by atoms with E-state index >= 15 is 0 Å². The minimum Gasteiger partial charge on any atom is -0.495 e. The molecule has 1 fully saturated rings. The molecule has 2 unspecified atom stereocenters. The first kappa shape index (κ1) is 15.1. The van der Waals surface area contributed by atoms with Crippen molar-refractivity contribution in [1.29, 1.82) is 0 Å². The van der Waals surface area contributed by atoms with Crippen LogP contribution in [0.5, 0.6) is 5.75 Å². The molecule has 1 aromatic rings. The molecule has 2 rings (SSSR count). The molecular weight excluding hydrogens is 280 g/mol. The van der Waals surface area contributed by atoms with Crippen LogP contribution in [-0.4, -0.2) is 44.1 Å². The predicted octanol–water partition coefficient (Wildman–Crippen LogP) is 0.669. The van der Waals surface area contributed by atoms with Gasteiger partial charge in [-0.2, -0.15) is 4.31 Å². The number of piperidine rings is 1. The highest BCUT2D eigenvalue weighted by Gasteiger charge is 2.34. The van der Waals surface area contributed by atoms with Crippen molar-refractivity contribution in [3.63, 3.8) is 0 Å². The van der Waals surface area contributed by atoms with Crippen molar-refractivity contribution >= 4 is 15.7 Å². The number of methoxy groups -OCH3 is 1. The zero-order chi connectivity index (χ0) is 14.9. The van der Waals surface area contributed by atoms with E-state index in [2.05, 4.69) is 0 Å². The fourth-order valence-corrected chi connectivity index (χ4v) is 4.04. The smallest absolute Gasteiger partial charge is 0.246 e. The number of aliphatic hydroxyl groups is 1. The third-order valence-corrected chi connectivity index (χ3v) is 5.53. The summed E-state index contributed by atoms with van der Waals surface area (Å²) in [4.78, 5) is 0.109. The van der Waals surface area contributed by atoms with Crippen molar-refractivity contribution < 1.29 is 18.3 Å². The van der Waals surface area contributed by atoms with Crippen LogP contribution in [0.25, 0.3) is 0 Å². The zero-order valence-corrected chi connectivity index (χ0v) is 12.4. The predicted molar refractivity (Wildman–Crippen MR) is 76.0 cm³/mol. The third kappa shape index (κ3) is 2.74. The van der Waals surface area contributed by atoms with Gasteiger partial charge in [-0.25, -0.2) is 8.42 Å². The van der Waals surface area contributed by atoms with Gasteiger partial charge in [0.25, 0.3) is 0 Å². The minimum atomic E-state index is -3.64. The summed E-state index contributed by atoms with van der Waals surface area (Å²) in [5.74, 6) is 0.155. The lowest BCUT2D eigenvalue weighted by Gasteiger charge is -2.33. The summed E-state index contributed by atoms with van der Waals surface area (Å²) in [5, 5.41) is 9.71. The average Bonchev–Trinajstić information content (AvgIpc) is 2.41. The molecule has 1 aliphatic heterocycles. The van der Waals surface area contributed by atoms with Crippen molar-refractivity contribution in [2.75, 3.05) is 25.9 Å². The molecule has 1 saturated heterocycles. The van der Waals surface area contributed by atoms with E-state index in [9.17, 15) is 13.5 Å². The van der Waals surface area contributed by atoms with E-state index in [1.54, 1.807) is 0 Å². The zero-order valence-electron chi connectivity index (χ0n) is 11.6. The Morgan fingerprint density at radius 1 is 1.45 bits per heavy atom. The van der Waals surface area contributed by atoms with E-state index in [1.165, 1.54) is 29.6 Å². The van der Waals surface area contributed by atoms with Crippen molar-refractivity contribution in [3.8, 4) is 5.75 Å². The van der Waals surface area contributed by atoms with Crippen LogP contribution in [0, 0.1) is 5.92 Å². The largest absolute Gasteiger partial charge is 0.495 e. The van der Waals surface area contributed by atoms with E-state index in [0.717, 1.165) is 0 Å². The van der Waals surface area contributed by atoms with Gasteiger partial charge in [-0.05, 0) is 24.5 Å². The van der Waals surface area contributed by atoms with Crippen molar-refractivity contribution in [3.05, 3.63) is 18.2 Å². The number of ether oxygens (including phenoxy) is 1. The Morgan fingerprint density at radius 3 is 2.75 bits per heavy atom. The summed E-state index contributed by atoms with van der Waals surface area (Å²) in [6.45, 7) is 2.45. The summed E-state index contributed by atoms with van der Waals surface area (Å²) in [6.07, 6.45) is -0.00715. The van der Waals surface area contributed by atoms with E-state index in [1.807, 2.05) is 6.92 Å². The lowest BCUT2D eigenvalue weighted by Crippen LogP contribution is -2.44. The van der Waals surface area contributed by atoms with Crippen LogP contribution in [0.2, 0.25) is 0 Å². The maximum absolute atomic E-state index is 12.7. The lowest BCUT2D eigenvalue weighted by atomic mass is 9.99. The molecular formula is C13H20N2O4S. The molecule has 0 aliphatic carbocycles. The number of nitrogens with zero attached hydrogens (tertiary/aromatic N) is 1. The van der Waals surface area contributed by atoms with E-state index in [4.69, 9.17) is 10.5 Å². The Morgan fingerprint density at radius 2 is 2.15 bits per heavy atom. The van der Waals surface area contributed by atoms with Gasteiger partial charge in [-0.1, -0.05) is 6.92 Å². The highest BCUT2D eigenvalue weighted by atomic mass is 32.2. The van der Waals surface area contributed by atoms with Crippen molar-refractivity contribution in [2.24, 2.45) is 5.92 Å². The SMILES string of the molecule is COc1cc(N)ccc1S(=O)(=O)N1CCC(O)C(C)C1. The van der Waals surface area contributed by atoms with Crippen molar-refractivity contribution in [1.82, 2.24) is 4.31 Å². The molecule has 0 amide bonds. The summed E-state index contributed by atoms with van der Waals surface area (Å²) >= 11 is 0. The Kier molecular flexibility index (Phi) is 4.22. The second-order valence-corrected chi connectivity index (χ2v) is 7.01. The van der Waals surface area contributed by atoms with Gasteiger partial charge in [0, 0.05) is 24.8 Å². The van der Waals surface area contributed by atoms with Crippen molar-refractivity contribution in [2.45, 2.75) is 24.3 Å². The Hall–Kier alpha value is -1.31. The van der Waals surface area contributed by atoms with Gasteiger partial charge in [0.15, 0.2) is 0 Å². The third-order valence-electron chi connectivity index (χ3n) is 3.63. The molecule has 0 spiro atoms. The minimum absolute atomic E-state index is 0.0849.